The highest BCUT2D eigenvalue weighted by Crippen LogP contribution is 2.28. The highest BCUT2D eigenvalue weighted by molar-refractivity contribution is 9.10. The maximum absolute atomic E-state index is 13.4. The van der Waals surface area contributed by atoms with E-state index in [-0.39, 0.29) is 11.9 Å². The topological polar surface area (TPSA) is 12.0 Å². The van der Waals surface area contributed by atoms with Gasteiger partial charge >= 0.3 is 0 Å². The Morgan fingerprint density at radius 1 is 1.37 bits per heavy atom. The molecule has 0 heterocycles. The summed E-state index contributed by atoms with van der Waals surface area (Å²) in [6.07, 6.45) is 7.61. The lowest BCUT2D eigenvalue weighted by molar-refractivity contribution is 0.479. The molecule has 1 N–H and O–H groups in total. The zero-order valence-corrected chi connectivity index (χ0v) is 13.2. The van der Waals surface area contributed by atoms with E-state index in [0.717, 1.165) is 35.8 Å². The molecule has 0 aliphatic heterocycles. The van der Waals surface area contributed by atoms with Crippen molar-refractivity contribution in [3.63, 3.8) is 0 Å². The van der Waals surface area contributed by atoms with Gasteiger partial charge < -0.3 is 5.32 Å². The molecule has 0 bridgehead atoms. The molecular formula is C16H23BrFN. The number of rotatable bonds is 9. The molecule has 106 valence electrons. The van der Waals surface area contributed by atoms with Crippen LogP contribution in [0.4, 0.5) is 4.39 Å². The fourth-order valence-corrected chi connectivity index (χ4v) is 2.73. The Bertz CT molecular complexity index is 392. The maximum atomic E-state index is 13.4. The van der Waals surface area contributed by atoms with Crippen LogP contribution in [0.25, 0.3) is 0 Å². The normalized spacial score (nSPS) is 12.4. The summed E-state index contributed by atoms with van der Waals surface area (Å²) in [5, 5.41) is 3.44. The number of hydrogen-bond acceptors (Lipinski definition) is 1. The molecule has 0 aromatic heterocycles. The number of nitrogens with one attached hydrogen (secondary N) is 1. The van der Waals surface area contributed by atoms with Crippen LogP contribution in [0.1, 0.15) is 50.6 Å². The van der Waals surface area contributed by atoms with Crippen LogP contribution in [0, 0.1) is 5.82 Å². The molecule has 0 saturated carbocycles. The lowest BCUT2D eigenvalue weighted by Crippen LogP contribution is -2.21. The molecule has 1 unspecified atom stereocenters. The van der Waals surface area contributed by atoms with Crippen LogP contribution in [0.5, 0.6) is 0 Å². The molecule has 0 fully saturated rings. The first-order chi connectivity index (χ1) is 9.19. The summed E-state index contributed by atoms with van der Waals surface area (Å²) >= 11 is 3.51. The molecule has 0 amide bonds. The molecule has 3 heteroatoms. The van der Waals surface area contributed by atoms with Crippen molar-refractivity contribution in [2.75, 3.05) is 6.54 Å². The van der Waals surface area contributed by atoms with E-state index in [4.69, 9.17) is 0 Å². The van der Waals surface area contributed by atoms with Crippen LogP contribution in [-0.2, 0) is 0 Å². The van der Waals surface area contributed by atoms with Crippen LogP contribution >= 0.6 is 15.9 Å². The first-order valence-corrected chi connectivity index (χ1v) is 7.77. The Morgan fingerprint density at radius 3 is 2.84 bits per heavy atom. The van der Waals surface area contributed by atoms with Crippen molar-refractivity contribution in [2.45, 2.75) is 45.1 Å². The predicted molar refractivity (Wildman–Crippen MR) is 83.8 cm³/mol. The minimum absolute atomic E-state index is 0.173. The third kappa shape index (κ3) is 5.87. The number of allylic oxidation sites excluding steroid dienone is 1. The molecule has 0 spiro atoms. The van der Waals surface area contributed by atoms with Crippen LogP contribution in [-0.4, -0.2) is 6.54 Å². The molecule has 0 aliphatic rings. The number of unbranched alkanes of at least 4 members (excludes halogenated alkanes) is 3. The Hall–Kier alpha value is -0.670. The molecule has 0 radical (unpaired) electrons. The van der Waals surface area contributed by atoms with Crippen molar-refractivity contribution in [1.82, 2.24) is 5.32 Å². The van der Waals surface area contributed by atoms with Gasteiger partial charge in [-0.15, -0.1) is 6.58 Å². The van der Waals surface area contributed by atoms with Gasteiger partial charge in [0.15, 0.2) is 0 Å². The number of benzene rings is 1. The van der Waals surface area contributed by atoms with E-state index in [9.17, 15) is 4.39 Å². The van der Waals surface area contributed by atoms with Crippen LogP contribution in [0.15, 0.2) is 35.3 Å². The van der Waals surface area contributed by atoms with E-state index in [1.165, 1.54) is 18.9 Å². The second-order valence-corrected chi connectivity index (χ2v) is 5.56. The molecule has 19 heavy (non-hydrogen) atoms. The summed E-state index contributed by atoms with van der Waals surface area (Å²) < 4.78 is 14.4. The Balaban J connectivity index is 2.60. The Labute approximate surface area is 124 Å². The minimum atomic E-state index is -0.173. The van der Waals surface area contributed by atoms with Gasteiger partial charge in [-0.3, -0.25) is 0 Å². The van der Waals surface area contributed by atoms with Crippen LogP contribution < -0.4 is 5.32 Å². The molecular weight excluding hydrogens is 305 g/mol. The summed E-state index contributed by atoms with van der Waals surface area (Å²) in [5.41, 5.74) is 1.02. The van der Waals surface area contributed by atoms with Crippen LogP contribution in [0.2, 0.25) is 0 Å². The van der Waals surface area contributed by atoms with E-state index in [2.05, 4.69) is 34.7 Å². The van der Waals surface area contributed by atoms with Crippen LogP contribution in [0.3, 0.4) is 0 Å². The molecule has 1 atom stereocenters. The van der Waals surface area contributed by atoms with Crippen molar-refractivity contribution in [3.05, 3.63) is 46.7 Å². The smallest absolute Gasteiger partial charge is 0.123 e. The summed E-state index contributed by atoms with van der Waals surface area (Å²) in [4.78, 5) is 0. The molecule has 1 rings (SSSR count). The van der Waals surface area contributed by atoms with Gasteiger partial charge in [0.2, 0.25) is 0 Å². The molecule has 1 aromatic carbocycles. The molecule has 0 aliphatic carbocycles. The largest absolute Gasteiger partial charge is 0.310 e. The highest BCUT2D eigenvalue weighted by atomic mass is 79.9. The number of halogens is 2. The molecule has 1 aromatic rings. The van der Waals surface area contributed by atoms with Gasteiger partial charge in [0, 0.05) is 10.5 Å². The number of hydrogen-bond donors (Lipinski definition) is 1. The van der Waals surface area contributed by atoms with Crippen molar-refractivity contribution in [3.8, 4) is 0 Å². The SMILES string of the molecule is C=CCCCCCC(NCC)c1cc(F)ccc1Br. The van der Waals surface area contributed by atoms with Crippen molar-refractivity contribution >= 4 is 15.9 Å². The standard InChI is InChI=1S/C16H23BrFN/c1-3-5-6-7-8-9-16(19-4-2)14-12-13(18)10-11-15(14)17/h3,10-12,16,19H,1,4-9H2,2H3. The second-order valence-electron chi connectivity index (χ2n) is 4.70. The van der Waals surface area contributed by atoms with E-state index in [1.54, 1.807) is 12.1 Å². The lowest BCUT2D eigenvalue weighted by Gasteiger charge is -2.20. The summed E-state index contributed by atoms with van der Waals surface area (Å²) in [5.74, 6) is -0.173. The average Bonchev–Trinajstić information content (AvgIpc) is 2.40. The zero-order chi connectivity index (χ0) is 14.1. The Morgan fingerprint density at radius 2 is 2.16 bits per heavy atom. The summed E-state index contributed by atoms with van der Waals surface area (Å²) in [6.45, 7) is 6.70. The Kier molecular flexibility index (Phi) is 7.99. The first kappa shape index (κ1) is 16.4. The van der Waals surface area contributed by atoms with Gasteiger partial charge in [0.1, 0.15) is 5.82 Å². The summed E-state index contributed by atoms with van der Waals surface area (Å²) in [6, 6.07) is 5.12. The highest BCUT2D eigenvalue weighted by Gasteiger charge is 2.14. The quantitative estimate of drug-likeness (QED) is 0.474. The first-order valence-electron chi connectivity index (χ1n) is 6.98. The van der Waals surface area contributed by atoms with E-state index in [0.29, 0.717) is 0 Å². The third-order valence-electron chi connectivity index (χ3n) is 3.19. The third-order valence-corrected chi connectivity index (χ3v) is 3.91. The fraction of sp³-hybridized carbons (Fsp3) is 0.500. The average molecular weight is 328 g/mol. The van der Waals surface area contributed by atoms with Crippen molar-refractivity contribution in [1.29, 1.82) is 0 Å². The van der Waals surface area contributed by atoms with Gasteiger partial charge in [0.05, 0.1) is 0 Å². The fourth-order valence-electron chi connectivity index (χ4n) is 2.21. The summed E-state index contributed by atoms with van der Waals surface area (Å²) in [7, 11) is 0. The van der Waals surface area contributed by atoms with Gasteiger partial charge in [-0.25, -0.2) is 4.39 Å². The van der Waals surface area contributed by atoms with Gasteiger partial charge in [-0.1, -0.05) is 41.8 Å². The van der Waals surface area contributed by atoms with Crippen molar-refractivity contribution < 1.29 is 4.39 Å². The monoisotopic (exact) mass is 327 g/mol. The van der Waals surface area contributed by atoms with Gasteiger partial charge in [-0.05, 0) is 49.6 Å². The van der Waals surface area contributed by atoms with Gasteiger partial charge in [-0.2, -0.15) is 0 Å². The van der Waals surface area contributed by atoms with E-state index >= 15 is 0 Å². The lowest BCUT2D eigenvalue weighted by atomic mass is 9.99. The van der Waals surface area contributed by atoms with Crippen molar-refractivity contribution in [2.24, 2.45) is 0 Å². The predicted octanol–water partition coefficient (Wildman–Crippen LogP) is 5.38. The zero-order valence-electron chi connectivity index (χ0n) is 11.6. The van der Waals surface area contributed by atoms with E-state index < -0.39 is 0 Å². The molecule has 0 saturated heterocycles. The van der Waals surface area contributed by atoms with Gasteiger partial charge in [0.25, 0.3) is 0 Å². The minimum Gasteiger partial charge on any atom is -0.310 e. The second kappa shape index (κ2) is 9.27. The maximum Gasteiger partial charge on any atom is 0.123 e. The molecule has 1 nitrogen and oxygen atoms in total. The van der Waals surface area contributed by atoms with E-state index in [1.807, 2.05) is 6.08 Å².